The van der Waals surface area contributed by atoms with Crippen LogP contribution in [-0.2, 0) is 65.4 Å². The van der Waals surface area contributed by atoms with Crippen LogP contribution in [0, 0.1) is 23.7 Å². The summed E-state index contributed by atoms with van der Waals surface area (Å²) >= 11 is 0. The molecule has 0 aliphatic carbocycles. The first-order chi connectivity index (χ1) is 41.7. The van der Waals surface area contributed by atoms with Gasteiger partial charge in [0.25, 0.3) is 0 Å². The van der Waals surface area contributed by atoms with E-state index in [-0.39, 0.29) is 25.7 Å². The van der Waals surface area contributed by atoms with Crippen molar-refractivity contribution in [3.63, 3.8) is 0 Å². The summed E-state index contributed by atoms with van der Waals surface area (Å²) in [5.74, 6) is 0.840. The Morgan fingerprint density at radius 3 is 0.816 bits per heavy atom. The second-order valence-corrected chi connectivity index (χ2v) is 28.7. The summed E-state index contributed by atoms with van der Waals surface area (Å²) in [4.78, 5) is 72.4. The van der Waals surface area contributed by atoms with Crippen molar-refractivity contribution in [2.24, 2.45) is 23.7 Å². The highest BCUT2D eigenvalue weighted by molar-refractivity contribution is 7.47. The van der Waals surface area contributed by atoms with Crippen LogP contribution in [0.5, 0.6) is 0 Å². The molecule has 17 nitrogen and oxygen atoms in total. The van der Waals surface area contributed by atoms with Crippen molar-refractivity contribution in [2.45, 2.75) is 350 Å². The third kappa shape index (κ3) is 58.9. The SMILES string of the molecule is CCC(C)CCCCCCCCC(=O)OC[C@H](COP(=O)(O)OC[C@H](O)COP(=O)(O)OC[C@@H](COC(=O)CCCCCCCCC(C)CC)OC(=O)CCCCCCCCC(C)CC)OC(=O)CCCCCCCCCCCCCCCCC(C)C. The average molecular weight is 1280 g/mol. The van der Waals surface area contributed by atoms with E-state index in [0.717, 1.165) is 126 Å². The van der Waals surface area contributed by atoms with E-state index in [2.05, 4.69) is 55.4 Å². The fraction of sp³-hybridized carbons (Fsp3) is 0.941. The highest BCUT2D eigenvalue weighted by Gasteiger charge is 2.30. The molecule has 0 aromatic carbocycles. The second kappa shape index (κ2) is 57.9. The standard InChI is InChI=1S/C68H132O17P2/c1-9-59(6)45-37-29-22-25-32-40-48-65(70)78-54-63(84-67(72)50-42-34-21-19-17-15-13-12-14-16-18-20-28-36-44-58(4)5)56-82-86(74,75)80-52-62(69)53-81-87(76,77)83-57-64(85-68(73)51-43-35-27-24-31-39-47-61(8)11-3)55-79-66(71)49-41-33-26-23-30-38-46-60(7)10-2/h58-64,69H,9-57H2,1-8H3,(H,74,75)(H,76,77)/t59?,60?,61?,62-,63+,64+/m0/s1. The van der Waals surface area contributed by atoms with Gasteiger partial charge in [-0.25, -0.2) is 9.13 Å². The van der Waals surface area contributed by atoms with E-state index in [1.807, 2.05) is 0 Å². The van der Waals surface area contributed by atoms with Gasteiger partial charge in [0.05, 0.1) is 26.4 Å². The molecule has 3 N–H and O–H groups in total. The lowest BCUT2D eigenvalue weighted by atomic mass is 10.00. The zero-order valence-corrected chi connectivity index (χ0v) is 58.4. The predicted octanol–water partition coefficient (Wildman–Crippen LogP) is 18.9. The summed E-state index contributed by atoms with van der Waals surface area (Å²) in [6.45, 7) is 14.0. The molecule has 0 aliphatic heterocycles. The fourth-order valence-electron chi connectivity index (χ4n) is 10.0. The number of carbonyl (C=O) groups excluding carboxylic acids is 4. The smallest absolute Gasteiger partial charge is 0.462 e. The molecule has 0 rings (SSSR count). The molecule has 19 heteroatoms. The summed E-state index contributed by atoms with van der Waals surface area (Å²) in [7, 11) is -9.90. The highest BCUT2D eigenvalue weighted by Crippen LogP contribution is 2.45. The lowest BCUT2D eigenvalue weighted by molar-refractivity contribution is -0.161. The lowest BCUT2D eigenvalue weighted by Gasteiger charge is -2.21. The Hall–Kier alpha value is -1.94. The summed E-state index contributed by atoms with van der Waals surface area (Å²) in [5.41, 5.74) is 0. The molecule has 0 amide bonds. The van der Waals surface area contributed by atoms with Gasteiger partial charge in [0.15, 0.2) is 12.2 Å². The lowest BCUT2D eigenvalue weighted by Crippen LogP contribution is -2.30. The van der Waals surface area contributed by atoms with Crippen LogP contribution in [0.25, 0.3) is 0 Å². The van der Waals surface area contributed by atoms with Crippen LogP contribution >= 0.6 is 15.6 Å². The maximum absolute atomic E-state index is 13.0. The molecule has 0 spiro atoms. The predicted molar refractivity (Wildman–Crippen MR) is 349 cm³/mol. The second-order valence-electron chi connectivity index (χ2n) is 25.8. The number of ether oxygens (including phenoxy) is 4. The van der Waals surface area contributed by atoms with E-state index in [9.17, 15) is 43.2 Å². The number of esters is 4. The fourth-order valence-corrected chi connectivity index (χ4v) is 11.6. The van der Waals surface area contributed by atoms with Crippen molar-refractivity contribution in [1.82, 2.24) is 0 Å². The number of phosphoric acid groups is 2. The van der Waals surface area contributed by atoms with Crippen LogP contribution in [0.4, 0.5) is 0 Å². The molecule has 0 saturated heterocycles. The first kappa shape index (κ1) is 85.1. The quantitative estimate of drug-likeness (QED) is 0.0222. The van der Waals surface area contributed by atoms with Crippen LogP contribution in [-0.4, -0.2) is 96.7 Å². The van der Waals surface area contributed by atoms with Gasteiger partial charge in [-0.1, -0.05) is 280 Å². The molecular formula is C68H132O17P2. The molecule has 0 aromatic heterocycles. The van der Waals surface area contributed by atoms with Gasteiger partial charge in [-0.2, -0.15) is 0 Å². The molecule has 0 aliphatic rings. The van der Waals surface area contributed by atoms with Crippen LogP contribution in [0.3, 0.4) is 0 Å². The molecule has 0 saturated carbocycles. The molecule has 0 bridgehead atoms. The van der Waals surface area contributed by atoms with Crippen LogP contribution in [0.15, 0.2) is 0 Å². The van der Waals surface area contributed by atoms with E-state index in [1.165, 1.54) is 122 Å². The highest BCUT2D eigenvalue weighted by atomic mass is 31.2. The minimum absolute atomic E-state index is 0.101. The molecule has 0 aromatic rings. The molecule has 0 radical (unpaired) electrons. The molecule has 8 atom stereocenters. The monoisotopic (exact) mass is 1280 g/mol. The van der Waals surface area contributed by atoms with Crippen LogP contribution in [0.2, 0.25) is 0 Å². The largest absolute Gasteiger partial charge is 0.472 e. The maximum atomic E-state index is 13.0. The number of hydrogen-bond acceptors (Lipinski definition) is 15. The van der Waals surface area contributed by atoms with Gasteiger partial charge in [-0.05, 0) is 49.4 Å². The Kier molecular flexibility index (Phi) is 56.6. The minimum atomic E-state index is -4.95. The van der Waals surface area contributed by atoms with E-state index >= 15 is 0 Å². The number of aliphatic hydroxyl groups is 1. The number of phosphoric ester groups is 2. The van der Waals surface area contributed by atoms with Gasteiger partial charge in [0, 0.05) is 25.7 Å². The van der Waals surface area contributed by atoms with Crippen molar-refractivity contribution < 1.29 is 80.2 Å². The van der Waals surface area contributed by atoms with Gasteiger partial charge in [0.2, 0.25) is 0 Å². The van der Waals surface area contributed by atoms with E-state index in [0.29, 0.717) is 25.7 Å². The Balaban J connectivity index is 5.23. The van der Waals surface area contributed by atoms with Gasteiger partial charge in [-0.3, -0.25) is 37.3 Å². The number of carbonyl (C=O) groups is 4. The molecule has 516 valence electrons. The van der Waals surface area contributed by atoms with Crippen molar-refractivity contribution in [3.05, 3.63) is 0 Å². The third-order valence-corrected chi connectivity index (χ3v) is 18.6. The van der Waals surface area contributed by atoms with Gasteiger partial charge in [-0.15, -0.1) is 0 Å². The van der Waals surface area contributed by atoms with Crippen molar-refractivity contribution >= 4 is 39.5 Å². The Labute approximate surface area is 530 Å². The van der Waals surface area contributed by atoms with Crippen molar-refractivity contribution in [3.8, 4) is 0 Å². The molecular weight excluding hydrogens is 1150 g/mol. The van der Waals surface area contributed by atoms with E-state index in [1.54, 1.807) is 0 Å². The van der Waals surface area contributed by atoms with E-state index in [4.69, 9.17) is 37.0 Å². The Morgan fingerprint density at radius 1 is 0.322 bits per heavy atom. The number of hydrogen-bond donors (Lipinski definition) is 3. The average Bonchev–Trinajstić information content (AvgIpc) is 3.52. The van der Waals surface area contributed by atoms with Gasteiger partial charge < -0.3 is 33.8 Å². The molecule has 87 heavy (non-hydrogen) atoms. The zero-order chi connectivity index (χ0) is 64.7. The minimum Gasteiger partial charge on any atom is -0.462 e. The van der Waals surface area contributed by atoms with Crippen molar-refractivity contribution in [2.75, 3.05) is 39.6 Å². The molecule has 0 heterocycles. The normalized spacial score (nSPS) is 15.3. The summed E-state index contributed by atoms with van der Waals surface area (Å²) in [5, 5.41) is 10.6. The molecule has 5 unspecified atom stereocenters. The molecule has 0 fully saturated rings. The number of aliphatic hydroxyl groups excluding tert-OH is 1. The first-order valence-electron chi connectivity index (χ1n) is 35.3. The maximum Gasteiger partial charge on any atom is 0.472 e. The first-order valence-corrected chi connectivity index (χ1v) is 38.3. The Bertz CT molecular complexity index is 1740. The van der Waals surface area contributed by atoms with Gasteiger partial charge >= 0.3 is 39.5 Å². The van der Waals surface area contributed by atoms with Crippen LogP contribution in [0.1, 0.15) is 331 Å². The Morgan fingerprint density at radius 2 is 0.552 bits per heavy atom. The number of unbranched alkanes of at least 4 members (excludes halogenated alkanes) is 28. The van der Waals surface area contributed by atoms with Crippen LogP contribution < -0.4 is 0 Å². The summed E-state index contributed by atoms with van der Waals surface area (Å²) in [6, 6.07) is 0. The third-order valence-electron chi connectivity index (χ3n) is 16.7. The number of rotatable bonds is 65. The zero-order valence-electron chi connectivity index (χ0n) is 56.6. The van der Waals surface area contributed by atoms with Crippen molar-refractivity contribution in [1.29, 1.82) is 0 Å². The van der Waals surface area contributed by atoms with Gasteiger partial charge in [0.1, 0.15) is 19.3 Å². The summed E-state index contributed by atoms with van der Waals surface area (Å²) < 4.78 is 68.1. The van der Waals surface area contributed by atoms with E-state index < -0.39 is 97.5 Å². The summed E-state index contributed by atoms with van der Waals surface area (Å²) in [6.07, 6.45) is 39.1. The topological polar surface area (TPSA) is 237 Å².